The predicted molar refractivity (Wildman–Crippen MR) is 64.5 cm³/mol. The second-order valence-corrected chi connectivity index (χ2v) is 5.38. The van der Waals surface area contributed by atoms with Crippen molar-refractivity contribution in [1.82, 2.24) is 19.7 Å². The van der Waals surface area contributed by atoms with Gasteiger partial charge in [0.05, 0.1) is 11.2 Å². The first-order chi connectivity index (χ1) is 8.58. The Kier molecular flexibility index (Phi) is 3.58. The SMILES string of the molecule is O=c1ccc(S(=O)(=O)NCCc2cnc[nH]2)c[nH]1. The van der Waals surface area contributed by atoms with Crippen molar-refractivity contribution in [2.75, 3.05) is 6.54 Å². The Balaban J connectivity index is 1.99. The second-order valence-electron chi connectivity index (χ2n) is 3.61. The minimum absolute atomic E-state index is 0.0340. The smallest absolute Gasteiger partial charge is 0.247 e. The van der Waals surface area contributed by atoms with Crippen LogP contribution in [0.15, 0.2) is 40.5 Å². The van der Waals surface area contributed by atoms with Gasteiger partial charge in [-0.1, -0.05) is 0 Å². The fourth-order valence-corrected chi connectivity index (χ4v) is 2.39. The van der Waals surface area contributed by atoms with Gasteiger partial charge < -0.3 is 9.97 Å². The molecule has 0 saturated heterocycles. The minimum atomic E-state index is -3.58. The third-order valence-electron chi connectivity index (χ3n) is 2.31. The van der Waals surface area contributed by atoms with Gasteiger partial charge in [0.15, 0.2) is 0 Å². The van der Waals surface area contributed by atoms with Crippen molar-refractivity contribution in [1.29, 1.82) is 0 Å². The molecule has 0 fully saturated rings. The van der Waals surface area contributed by atoms with Crippen molar-refractivity contribution in [2.45, 2.75) is 11.3 Å². The van der Waals surface area contributed by atoms with Gasteiger partial charge >= 0.3 is 0 Å². The standard InChI is InChI=1S/C10H12N4O3S/c15-10-2-1-9(6-12-10)18(16,17)14-4-3-8-5-11-7-13-8/h1-2,5-7,14H,3-4H2,(H,11,13)(H,12,15). The number of sulfonamides is 1. The largest absolute Gasteiger partial charge is 0.348 e. The van der Waals surface area contributed by atoms with Crippen LogP contribution in [0.25, 0.3) is 0 Å². The van der Waals surface area contributed by atoms with Gasteiger partial charge in [-0.25, -0.2) is 18.1 Å². The Labute approximate surface area is 103 Å². The number of aromatic amines is 2. The van der Waals surface area contributed by atoms with Crippen molar-refractivity contribution in [3.63, 3.8) is 0 Å². The summed E-state index contributed by atoms with van der Waals surface area (Å²) in [5.74, 6) is 0. The fourth-order valence-electron chi connectivity index (χ4n) is 1.39. The van der Waals surface area contributed by atoms with E-state index in [4.69, 9.17) is 0 Å². The zero-order valence-electron chi connectivity index (χ0n) is 9.38. The molecule has 0 aliphatic rings. The average molecular weight is 268 g/mol. The molecule has 0 radical (unpaired) electrons. The van der Waals surface area contributed by atoms with Crippen LogP contribution in [-0.4, -0.2) is 29.9 Å². The van der Waals surface area contributed by atoms with Gasteiger partial charge in [-0.2, -0.15) is 0 Å². The van der Waals surface area contributed by atoms with Crippen LogP contribution in [0.1, 0.15) is 5.69 Å². The Morgan fingerprint density at radius 2 is 2.11 bits per heavy atom. The third kappa shape index (κ3) is 3.05. The predicted octanol–water partition coefficient (Wildman–Crippen LogP) is -0.381. The van der Waals surface area contributed by atoms with Gasteiger partial charge in [0.2, 0.25) is 15.6 Å². The minimum Gasteiger partial charge on any atom is -0.348 e. The van der Waals surface area contributed by atoms with Crippen LogP contribution in [-0.2, 0) is 16.4 Å². The Bertz CT molecular complexity index is 640. The van der Waals surface area contributed by atoms with Crippen molar-refractivity contribution in [3.05, 3.63) is 46.9 Å². The molecule has 7 nitrogen and oxygen atoms in total. The third-order valence-corrected chi connectivity index (χ3v) is 3.77. The lowest BCUT2D eigenvalue weighted by atomic mass is 10.3. The Morgan fingerprint density at radius 3 is 2.72 bits per heavy atom. The summed E-state index contributed by atoms with van der Waals surface area (Å²) in [5, 5.41) is 0. The summed E-state index contributed by atoms with van der Waals surface area (Å²) < 4.78 is 26.1. The molecular weight excluding hydrogens is 256 g/mol. The maximum absolute atomic E-state index is 11.8. The highest BCUT2D eigenvalue weighted by atomic mass is 32.2. The van der Waals surface area contributed by atoms with E-state index in [0.717, 1.165) is 5.69 Å². The van der Waals surface area contributed by atoms with Gasteiger partial charge in [0.25, 0.3) is 0 Å². The van der Waals surface area contributed by atoms with Crippen LogP contribution in [0.2, 0.25) is 0 Å². The van der Waals surface area contributed by atoms with Crippen LogP contribution in [0.4, 0.5) is 0 Å². The molecule has 0 atom stereocenters. The molecule has 2 aromatic rings. The van der Waals surface area contributed by atoms with E-state index in [-0.39, 0.29) is 17.0 Å². The molecule has 3 N–H and O–H groups in total. The van der Waals surface area contributed by atoms with Crippen molar-refractivity contribution in [3.8, 4) is 0 Å². The van der Waals surface area contributed by atoms with Crippen LogP contribution in [0, 0.1) is 0 Å². The molecule has 0 bridgehead atoms. The molecule has 0 amide bonds. The van der Waals surface area contributed by atoms with E-state index in [9.17, 15) is 13.2 Å². The zero-order valence-corrected chi connectivity index (χ0v) is 10.2. The van der Waals surface area contributed by atoms with Crippen LogP contribution < -0.4 is 10.3 Å². The van der Waals surface area contributed by atoms with Gasteiger partial charge in [0.1, 0.15) is 0 Å². The van der Waals surface area contributed by atoms with Crippen LogP contribution in [0.3, 0.4) is 0 Å². The van der Waals surface area contributed by atoms with Crippen molar-refractivity contribution >= 4 is 10.0 Å². The average Bonchev–Trinajstić information content (AvgIpc) is 2.82. The summed E-state index contributed by atoms with van der Waals surface area (Å²) in [4.78, 5) is 19.9. The summed E-state index contributed by atoms with van der Waals surface area (Å²) >= 11 is 0. The molecular formula is C10H12N4O3S. The van der Waals surface area contributed by atoms with Crippen molar-refractivity contribution < 1.29 is 8.42 Å². The van der Waals surface area contributed by atoms with E-state index in [1.54, 1.807) is 6.20 Å². The lowest BCUT2D eigenvalue weighted by molar-refractivity contribution is 0.581. The van der Waals surface area contributed by atoms with Crippen LogP contribution in [0.5, 0.6) is 0 Å². The number of rotatable bonds is 5. The van der Waals surface area contributed by atoms with E-state index in [2.05, 4.69) is 19.7 Å². The van der Waals surface area contributed by atoms with Gasteiger partial charge in [0, 0.05) is 37.1 Å². The van der Waals surface area contributed by atoms with E-state index in [1.165, 1.54) is 24.7 Å². The zero-order chi connectivity index (χ0) is 13.0. The first kappa shape index (κ1) is 12.5. The maximum Gasteiger partial charge on any atom is 0.247 e. The molecule has 2 heterocycles. The number of hydrogen-bond donors (Lipinski definition) is 3. The number of hydrogen-bond acceptors (Lipinski definition) is 4. The number of H-pyrrole nitrogens is 2. The van der Waals surface area contributed by atoms with E-state index in [0.29, 0.717) is 6.42 Å². The summed E-state index contributed by atoms with van der Waals surface area (Å²) in [6.07, 6.45) is 4.85. The summed E-state index contributed by atoms with van der Waals surface area (Å²) in [6, 6.07) is 2.43. The topological polar surface area (TPSA) is 108 Å². The highest BCUT2D eigenvalue weighted by Crippen LogP contribution is 2.03. The number of pyridine rings is 1. The highest BCUT2D eigenvalue weighted by molar-refractivity contribution is 7.89. The lowest BCUT2D eigenvalue weighted by Crippen LogP contribution is -2.26. The monoisotopic (exact) mass is 268 g/mol. The Hall–Kier alpha value is -1.93. The fraction of sp³-hybridized carbons (Fsp3) is 0.200. The number of nitrogens with one attached hydrogen (secondary N) is 3. The molecule has 0 aliphatic carbocycles. The van der Waals surface area contributed by atoms with Gasteiger partial charge in [-0.05, 0) is 6.07 Å². The molecule has 18 heavy (non-hydrogen) atoms. The highest BCUT2D eigenvalue weighted by Gasteiger charge is 2.13. The van der Waals surface area contributed by atoms with Gasteiger partial charge in [-0.3, -0.25) is 4.79 Å². The molecule has 2 aromatic heterocycles. The maximum atomic E-state index is 11.8. The quantitative estimate of drug-likeness (QED) is 0.686. The number of aromatic nitrogens is 3. The summed E-state index contributed by atoms with van der Waals surface area (Å²) in [7, 11) is -3.58. The number of nitrogens with zero attached hydrogens (tertiary/aromatic N) is 1. The summed E-state index contributed by atoms with van der Waals surface area (Å²) in [6.45, 7) is 0.254. The lowest BCUT2D eigenvalue weighted by Gasteiger charge is -2.05. The van der Waals surface area contributed by atoms with Crippen LogP contribution >= 0.6 is 0 Å². The first-order valence-corrected chi connectivity index (χ1v) is 6.72. The van der Waals surface area contributed by atoms with Gasteiger partial charge in [-0.15, -0.1) is 0 Å². The molecule has 96 valence electrons. The van der Waals surface area contributed by atoms with E-state index < -0.39 is 10.0 Å². The van der Waals surface area contributed by atoms with E-state index >= 15 is 0 Å². The Morgan fingerprint density at radius 1 is 1.28 bits per heavy atom. The first-order valence-electron chi connectivity index (χ1n) is 5.23. The van der Waals surface area contributed by atoms with Crippen molar-refractivity contribution in [2.24, 2.45) is 0 Å². The molecule has 0 aromatic carbocycles. The molecule has 0 aliphatic heterocycles. The molecule has 0 unspecified atom stereocenters. The molecule has 8 heteroatoms. The van der Waals surface area contributed by atoms with E-state index in [1.807, 2.05) is 0 Å². The molecule has 2 rings (SSSR count). The molecule has 0 saturated carbocycles. The molecule has 0 spiro atoms. The number of imidazole rings is 1. The normalized spacial score (nSPS) is 11.6. The second kappa shape index (κ2) is 5.15. The summed E-state index contributed by atoms with van der Waals surface area (Å²) in [5.41, 5.74) is 0.505.